The van der Waals surface area contributed by atoms with Crippen LogP contribution in [0, 0.1) is 5.92 Å². The molecule has 2 heterocycles. The standard InChI is InChI=1S/C22H30N4O3/c1-2-20(27)25-15-11-17(12-16-25)21(28)23-18-7-9-19(10-8-18)24-22(29)26-13-5-3-4-6-14-26/h2,7-10,17H,1,3-6,11-16H2,(H,23,28)(H,24,29). The van der Waals surface area contributed by atoms with Gasteiger partial charge in [-0.1, -0.05) is 19.4 Å². The fraction of sp³-hybridized carbons (Fsp3) is 0.500. The minimum absolute atomic E-state index is 0.0305. The maximum atomic E-state index is 12.5. The van der Waals surface area contributed by atoms with Gasteiger partial charge in [-0.15, -0.1) is 0 Å². The van der Waals surface area contributed by atoms with Crippen molar-refractivity contribution in [1.29, 1.82) is 0 Å². The summed E-state index contributed by atoms with van der Waals surface area (Å²) in [5, 5.41) is 5.87. The highest BCUT2D eigenvalue weighted by Gasteiger charge is 2.26. The molecule has 156 valence electrons. The normalized spacial score (nSPS) is 17.9. The highest BCUT2D eigenvalue weighted by molar-refractivity contribution is 5.94. The van der Waals surface area contributed by atoms with Crippen LogP contribution in [0.5, 0.6) is 0 Å². The first-order valence-electron chi connectivity index (χ1n) is 10.4. The number of nitrogens with one attached hydrogen (secondary N) is 2. The van der Waals surface area contributed by atoms with Crippen molar-refractivity contribution in [1.82, 2.24) is 9.80 Å². The van der Waals surface area contributed by atoms with Crippen molar-refractivity contribution in [3.8, 4) is 0 Å². The molecule has 0 aromatic heterocycles. The number of amides is 4. The first kappa shape index (κ1) is 20.9. The van der Waals surface area contributed by atoms with Crippen molar-refractivity contribution >= 4 is 29.2 Å². The average molecular weight is 399 g/mol. The van der Waals surface area contributed by atoms with E-state index in [1.54, 1.807) is 29.2 Å². The number of hydrogen-bond donors (Lipinski definition) is 2. The molecule has 0 bridgehead atoms. The fourth-order valence-electron chi connectivity index (χ4n) is 3.85. The number of nitrogens with zero attached hydrogens (tertiary/aromatic N) is 2. The predicted octanol–water partition coefficient (Wildman–Crippen LogP) is 3.46. The van der Waals surface area contributed by atoms with Gasteiger partial charge in [-0.25, -0.2) is 4.79 Å². The quantitative estimate of drug-likeness (QED) is 0.762. The van der Waals surface area contributed by atoms with Crippen molar-refractivity contribution in [2.24, 2.45) is 5.92 Å². The van der Waals surface area contributed by atoms with Crippen LogP contribution in [-0.4, -0.2) is 53.8 Å². The Bertz CT molecular complexity index is 731. The van der Waals surface area contributed by atoms with Crippen LogP contribution in [-0.2, 0) is 9.59 Å². The van der Waals surface area contributed by atoms with E-state index in [0.29, 0.717) is 37.3 Å². The summed E-state index contributed by atoms with van der Waals surface area (Å²) in [7, 11) is 0. The molecule has 7 nitrogen and oxygen atoms in total. The molecule has 2 N–H and O–H groups in total. The van der Waals surface area contributed by atoms with E-state index in [-0.39, 0.29) is 23.8 Å². The molecule has 4 amide bonds. The van der Waals surface area contributed by atoms with Crippen LogP contribution in [0.4, 0.5) is 16.2 Å². The molecule has 0 atom stereocenters. The van der Waals surface area contributed by atoms with Gasteiger partial charge in [0.15, 0.2) is 0 Å². The first-order chi connectivity index (χ1) is 14.1. The average Bonchev–Trinajstić information content (AvgIpc) is 3.04. The van der Waals surface area contributed by atoms with E-state index < -0.39 is 0 Å². The largest absolute Gasteiger partial charge is 0.339 e. The molecule has 0 unspecified atom stereocenters. The van der Waals surface area contributed by atoms with E-state index in [0.717, 1.165) is 25.9 Å². The Kier molecular flexibility index (Phi) is 7.27. The summed E-state index contributed by atoms with van der Waals surface area (Å²) in [6.45, 7) is 6.26. The maximum absolute atomic E-state index is 12.5. The summed E-state index contributed by atoms with van der Waals surface area (Å²) in [4.78, 5) is 40.1. The first-order valence-corrected chi connectivity index (χ1v) is 10.4. The second kappa shape index (κ2) is 10.1. The Morgan fingerprint density at radius 2 is 1.38 bits per heavy atom. The summed E-state index contributed by atoms with van der Waals surface area (Å²) in [6, 6.07) is 7.14. The van der Waals surface area contributed by atoms with Gasteiger partial charge in [-0.3, -0.25) is 9.59 Å². The molecule has 0 spiro atoms. The Labute approximate surface area is 172 Å². The third kappa shape index (κ3) is 5.82. The van der Waals surface area contributed by atoms with Crippen LogP contribution in [0.1, 0.15) is 38.5 Å². The van der Waals surface area contributed by atoms with Crippen molar-refractivity contribution in [3.05, 3.63) is 36.9 Å². The fourth-order valence-corrected chi connectivity index (χ4v) is 3.85. The number of urea groups is 1. The van der Waals surface area contributed by atoms with Crippen LogP contribution in [0.3, 0.4) is 0 Å². The number of carbonyl (C=O) groups is 3. The molecule has 2 aliphatic rings. The zero-order valence-electron chi connectivity index (χ0n) is 16.9. The number of anilines is 2. The maximum Gasteiger partial charge on any atom is 0.321 e. The molecular weight excluding hydrogens is 368 g/mol. The molecular formula is C22H30N4O3. The van der Waals surface area contributed by atoms with E-state index in [9.17, 15) is 14.4 Å². The number of piperidine rings is 1. The van der Waals surface area contributed by atoms with Gasteiger partial charge in [0, 0.05) is 43.5 Å². The number of likely N-dealkylation sites (tertiary alicyclic amines) is 2. The molecule has 1 aromatic carbocycles. The minimum atomic E-state index is -0.105. The van der Waals surface area contributed by atoms with Crippen LogP contribution in [0.15, 0.2) is 36.9 Å². The summed E-state index contributed by atoms with van der Waals surface area (Å²) in [6.07, 6.45) is 7.08. The van der Waals surface area contributed by atoms with E-state index >= 15 is 0 Å². The topological polar surface area (TPSA) is 81.8 Å². The highest BCUT2D eigenvalue weighted by Crippen LogP contribution is 2.21. The lowest BCUT2D eigenvalue weighted by Crippen LogP contribution is -2.40. The van der Waals surface area contributed by atoms with E-state index in [2.05, 4.69) is 17.2 Å². The molecule has 2 aliphatic heterocycles. The lowest BCUT2D eigenvalue weighted by atomic mass is 9.95. The highest BCUT2D eigenvalue weighted by atomic mass is 16.2. The number of carbonyl (C=O) groups excluding carboxylic acids is 3. The molecule has 2 saturated heterocycles. The predicted molar refractivity (Wildman–Crippen MR) is 114 cm³/mol. The minimum Gasteiger partial charge on any atom is -0.339 e. The molecule has 0 saturated carbocycles. The Hall–Kier alpha value is -2.83. The number of benzene rings is 1. The van der Waals surface area contributed by atoms with Gasteiger partial charge >= 0.3 is 6.03 Å². The SMILES string of the molecule is C=CC(=O)N1CCC(C(=O)Nc2ccc(NC(=O)N3CCCCCC3)cc2)CC1. The van der Waals surface area contributed by atoms with Gasteiger partial charge in [-0.2, -0.15) is 0 Å². The van der Waals surface area contributed by atoms with Gasteiger partial charge < -0.3 is 20.4 Å². The number of rotatable bonds is 4. The van der Waals surface area contributed by atoms with Gasteiger partial charge in [0.2, 0.25) is 11.8 Å². The van der Waals surface area contributed by atoms with E-state index in [1.165, 1.54) is 18.9 Å². The molecule has 29 heavy (non-hydrogen) atoms. The zero-order chi connectivity index (χ0) is 20.6. The molecule has 1 aromatic rings. The summed E-state index contributed by atoms with van der Waals surface area (Å²) in [5.41, 5.74) is 1.42. The Morgan fingerprint density at radius 1 is 0.828 bits per heavy atom. The lowest BCUT2D eigenvalue weighted by molar-refractivity contribution is -0.130. The molecule has 2 fully saturated rings. The van der Waals surface area contributed by atoms with Gasteiger partial charge in [0.05, 0.1) is 0 Å². The molecule has 0 aliphatic carbocycles. The lowest BCUT2D eigenvalue weighted by Gasteiger charge is -2.30. The molecule has 7 heteroatoms. The van der Waals surface area contributed by atoms with Crippen molar-refractivity contribution in [3.63, 3.8) is 0 Å². The van der Waals surface area contributed by atoms with Gasteiger partial charge in [0.1, 0.15) is 0 Å². The Morgan fingerprint density at radius 3 is 1.93 bits per heavy atom. The summed E-state index contributed by atoms with van der Waals surface area (Å²) < 4.78 is 0. The van der Waals surface area contributed by atoms with Crippen LogP contribution in [0.25, 0.3) is 0 Å². The van der Waals surface area contributed by atoms with Crippen molar-refractivity contribution in [2.75, 3.05) is 36.8 Å². The van der Waals surface area contributed by atoms with Crippen molar-refractivity contribution in [2.45, 2.75) is 38.5 Å². The van der Waals surface area contributed by atoms with Crippen molar-refractivity contribution < 1.29 is 14.4 Å². The monoisotopic (exact) mass is 398 g/mol. The third-order valence-corrected chi connectivity index (χ3v) is 5.65. The smallest absolute Gasteiger partial charge is 0.321 e. The van der Waals surface area contributed by atoms with Gasteiger partial charge in [0.25, 0.3) is 0 Å². The second-order valence-electron chi connectivity index (χ2n) is 7.70. The third-order valence-electron chi connectivity index (χ3n) is 5.65. The van der Waals surface area contributed by atoms with Crippen LogP contribution in [0.2, 0.25) is 0 Å². The van der Waals surface area contributed by atoms with Crippen LogP contribution >= 0.6 is 0 Å². The van der Waals surface area contributed by atoms with Crippen LogP contribution < -0.4 is 10.6 Å². The van der Waals surface area contributed by atoms with E-state index in [4.69, 9.17) is 0 Å². The zero-order valence-corrected chi connectivity index (χ0v) is 16.9. The Balaban J connectivity index is 1.47. The molecule has 3 rings (SSSR count). The molecule has 0 radical (unpaired) electrons. The van der Waals surface area contributed by atoms with Gasteiger partial charge in [-0.05, 0) is 56.0 Å². The number of hydrogen-bond acceptors (Lipinski definition) is 3. The summed E-state index contributed by atoms with van der Waals surface area (Å²) >= 11 is 0. The second-order valence-corrected chi connectivity index (χ2v) is 7.70. The van der Waals surface area contributed by atoms with E-state index in [1.807, 2.05) is 4.90 Å². The summed E-state index contributed by atoms with van der Waals surface area (Å²) in [5.74, 6) is -0.218.